The van der Waals surface area contributed by atoms with Gasteiger partial charge in [-0.05, 0) is 54.4 Å². The summed E-state index contributed by atoms with van der Waals surface area (Å²) in [6, 6.07) is 45.2. The lowest BCUT2D eigenvalue weighted by Crippen LogP contribution is -2.74. The van der Waals surface area contributed by atoms with Crippen LogP contribution in [0.25, 0.3) is 0 Å². The van der Waals surface area contributed by atoms with E-state index in [0.717, 1.165) is 0 Å². The molecule has 0 N–H and O–H groups in total. The molecule has 226 valence electrons. The van der Waals surface area contributed by atoms with Crippen LogP contribution in [0.15, 0.2) is 121 Å². The molecule has 4 aromatic carbocycles. The molecular weight excluding hydrogens is 521 g/mol. The first-order valence-electron chi connectivity index (χ1n) is 16.4. The van der Waals surface area contributed by atoms with E-state index in [2.05, 4.69) is 184 Å². The van der Waals surface area contributed by atoms with Crippen LogP contribution in [-0.4, -0.2) is 58.3 Å². The zero-order valence-electron chi connectivity index (χ0n) is 27.3. The van der Waals surface area contributed by atoms with Crippen molar-refractivity contribution in [2.24, 2.45) is 0 Å². The standard InChI is InChI=1S/C24H20B.C15H32N3/c1-5-13-21(14-6-1)25(22-15-7-2-8-16-22,23-17-9-3-10-18-23)24-19-11-4-12-20-24;1-13(2)17(14(3)4)12-18(15(5)6)16-10-8-7-9-11-16/h1-20H;12-15H,7-11H2,1-6H3/q-1;+1. The normalized spacial score (nSPS) is 13.9. The van der Waals surface area contributed by atoms with Gasteiger partial charge in [0.2, 0.25) is 0 Å². The summed E-state index contributed by atoms with van der Waals surface area (Å²) in [5.41, 5.74) is 5.36. The van der Waals surface area contributed by atoms with Crippen molar-refractivity contribution in [1.29, 1.82) is 0 Å². The molecule has 1 heterocycles. The van der Waals surface area contributed by atoms with Gasteiger partial charge >= 0.3 is 0 Å². The van der Waals surface area contributed by atoms with Crippen LogP contribution in [0, 0.1) is 0 Å². The highest BCUT2D eigenvalue weighted by Crippen LogP contribution is 2.14. The second kappa shape index (κ2) is 15.7. The van der Waals surface area contributed by atoms with Gasteiger partial charge in [0.15, 0.2) is 0 Å². The van der Waals surface area contributed by atoms with Gasteiger partial charge in [0, 0.05) is 13.1 Å². The quantitative estimate of drug-likeness (QED) is 0.105. The Hall–Kier alpha value is -3.63. The van der Waals surface area contributed by atoms with Crippen LogP contribution in [0.2, 0.25) is 0 Å². The molecule has 0 bridgehead atoms. The molecule has 5 rings (SSSR count). The Morgan fingerprint density at radius 3 is 1.14 bits per heavy atom. The van der Waals surface area contributed by atoms with Crippen LogP contribution in [0.4, 0.5) is 0 Å². The molecule has 1 fully saturated rings. The van der Waals surface area contributed by atoms with Crippen molar-refractivity contribution in [3.05, 3.63) is 121 Å². The zero-order valence-corrected chi connectivity index (χ0v) is 27.3. The van der Waals surface area contributed by atoms with Crippen LogP contribution in [-0.2, 0) is 0 Å². The van der Waals surface area contributed by atoms with Gasteiger partial charge in [0.05, 0.1) is 12.1 Å². The molecule has 0 unspecified atom stereocenters. The predicted molar refractivity (Wildman–Crippen MR) is 189 cm³/mol. The number of hydrogen-bond donors (Lipinski definition) is 0. The van der Waals surface area contributed by atoms with Crippen LogP contribution in [0.1, 0.15) is 60.8 Å². The molecule has 4 heteroatoms. The van der Waals surface area contributed by atoms with Gasteiger partial charge in [-0.2, -0.15) is 26.9 Å². The lowest BCUT2D eigenvalue weighted by Gasteiger charge is -2.44. The number of piperidine rings is 1. The summed E-state index contributed by atoms with van der Waals surface area (Å²) >= 11 is 0. The summed E-state index contributed by atoms with van der Waals surface area (Å²) in [4.78, 5) is 0. The maximum Gasteiger partial charge on any atom is 0.253 e. The SMILES string of the molecule is CC(C)N(C=[N+](C(C)C)C(C)C)N1CCCCC1.c1ccc([B-](c2ccccc2)(c2ccccc2)c2ccccc2)cc1. The number of hydrazine groups is 1. The molecule has 43 heavy (non-hydrogen) atoms. The first-order valence-corrected chi connectivity index (χ1v) is 16.4. The Morgan fingerprint density at radius 1 is 0.535 bits per heavy atom. The molecule has 3 nitrogen and oxygen atoms in total. The lowest BCUT2D eigenvalue weighted by molar-refractivity contribution is -0.588. The van der Waals surface area contributed by atoms with E-state index in [1.165, 1.54) is 54.2 Å². The van der Waals surface area contributed by atoms with Gasteiger partial charge in [-0.1, -0.05) is 128 Å². The molecule has 0 radical (unpaired) electrons. The maximum atomic E-state index is 2.52. The molecule has 4 aromatic rings. The second-order valence-electron chi connectivity index (χ2n) is 12.7. The van der Waals surface area contributed by atoms with E-state index in [9.17, 15) is 0 Å². The maximum absolute atomic E-state index is 2.52. The van der Waals surface area contributed by atoms with E-state index in [-0.39, 0.29) is 0 Å². The third-order valence-electron chi connectivity index (χ3n) is 8.83. The largest absolute Gasteiger partial charge is 0.263 e. The fraction of sp³-hybridized carbons (Fsp3) is 0.359. The number of hydrogen-bond acceptors (Lipinski definition) is 1. The minimum atomic E-state index is -1.22. The van der Waals surface area contributed by atoms with Crippen molar-refractivity contribution < 1.29 is 4.58 Å². The minimum Gasteiger partial charge on any atom is -0.263 e. The van der Waals surface area contributed by atoms with E-state index < -0.39 is 6.15 Å². The molecule has 1 aliphatic rings. The number of nitrogens with zero attached hydrogens (tertiary/aromatic N) is 3. The Kier molecular flexibility index (Phi) is 11.8. The zero-order chi connectivity index (χ0) is 30.7. The monoisotopic (exact) mass is 573 g/mol. The second-order valence-corrected chi connectivity index (χ2v) is 12.7. The molecule has 0 aromatic heterocycles. The molecule has 0 atom stereocenters. The van der Waals surface area contributed by atoms with Crippen molar-refractivity contribution in [3.8, 4) is 0 Å². The van der Waals surface area contributed by atoms with E-state index in [1.807, 2.05) is 0 Å². The lowest BCUT2D eigenvalue weighted by atomic mass is 9.13. The van der Waals surface area contributed by atoms with Crippen LogP contribution in [0.5, 0.6) is 0 Å². The summed E-state index contributed by atoms with van der Waals surface area (Å²) in [6.45, 7) is 16.1. The summed E-state index contributed by atoms with van der Waals surface area (Å²) in [5.74, 6) is 0. The van der Waals surface area contributed by atoms with E-state index >= 15 is 0 Å². The van der Waals surface area contributed by atoms with E-state index in [4.69, 9.17) is 0 Å². The Balaban J connectivity index is 0.000000209. The van der Waals surface area contributed by atoms with Crippen molar-refractivity contribution in [2.45, 2.75) is 78.9 Å². The molecule has 0 spiro atoms. The molecular formula is C39H52BN3. The smallest absolute Gasteiger partial charge is 0.253 e. The molecule has 0 saturated carbocycles. The third kappa shape index (κ3) is 7.86. The first kappa shape index (κ1) is 32.3. The minimum absolute atomic E-state index is 0.531. The first-order chi connectivity index (χ1) is 20.9. The fourth-order valence-electron chi connectivity index (χ4n) is 6.76. The fourth-order valence-corrected chi connectivity index (χ4v) is 6.76. The molecule has 1 saturated heterocycles. The predicted octanol–water partition coefficient (Wildman–Crippen LogP) is 6.02. The van der Waals surface area contributed by atoms with Crippen LogP contribution in [0.3, 0.4) is 0 Å². The van der Waals surface area contributed by atoms with E-state index in [0.29, 0.717) is 18.1 Å². The number of rotatable bonds is 9. The topological polar surface area (TPSA) is 9.49 Å². The highest BCUT2D eigenvalue weighted by molar-refractivity contribution is 7.19. The Labute approximate surface area is 261 Å². The van der Waals surface area contributed by atoms with Crippen molar-refractivity contribution >= 4 is 34.3 Å². The van der Waals surface area contributed by atoms with Gasteiger partial charge in [-0.25, -0.2) is 0 Å². The molecule has 0 aliphatic carbocycles. The van der Waals surface area contributed by atoms with Crippen molar-refractivity contribution in [2.75, 3.05) is 13.1 Å². The van der Waals surface area contributed by atoms with Gasteiger partial charge in [-0.15, -0.1) is 5.01 Å². The van der Waals surface area contributed by atoms with Gasteiger partial charge in [-0.3, -0.25) is 4.58 Å². The summed E-state index contributed by atoms with van der Waals surface area (Å²) in [5, 5.41) is 4.96. The average Bonchev–Trinajstić information content (AvgIpc) is 3.04. The van der Waals surface area contributed by atoms with Crippen molar-refractivity contribution in [3.63, 3.8) is 0 Å². The summed E-state index contributed by atoms with van der Waals surface area (Å²) < 4.78 is 2.45. The summed E-state index contributed by atoms with van der Waals surface area (Å²) in [7, 11) is 0. The van der Waals surface area contributed by atoms with Gasteiger partial charge < -0.3 is 0 Å². The highest BCUT2D eigenvalue weighted by atomic mass is 15.6. The van der Waals surface area contributed by atoms with Gasteiger partial charge in [0.1, 0.15) is 12.2 Å². The van der Waals surface area contributed by atoms with Crippen LogP contribution >= 0.6 is 0 Å². The van der Waals surface area contributed by atoms with E-state index in [1.54, 1.807) is 0 Å². The van der Waals surface area contributed by atoms with Gasteiger partial charge in [0.25, 0.3) is 6.34 Å². The number of benzene rings is 4. The Morgan fingerprint density at radius 2 is 0.860 bits per heavy atom. The molecule has 1 aliphatic heterocycles. The Bertz CT molecular complexity index is 1190. The summed E-state index contributed by atoms with van der Waals surface area (Å²) in [6.07, 6.45) is 5.18. The highest BCUT2D eigenvalue weighted by Gasteiger charge is 2.31. The third-order valence-corrected chi connectivity index (χ3v) is 8.83. The van der Waals surface area contributed by atoms with Crippen molar-refractivity contribution in [1.82, 2.24) is 10.0 Å². The van der Waals surface area contributed by atoms with Crippen LogP contribution < -0.4 is 21.9 Å². The average molecular weight is 574 g/mol. The molecule has 0 amide bonds.